The molecule has 3 aromatic rings. The molecule has 0 unspecified atom stereocenters. The first kappa shape index (κ1) is 17.2. The van der Waals surface area contributed by atoms with Gasteiger partial charge in [0.2, 0.25) is 0 Å². The summed E-state index contributed by atoms with van der Waals surface area (Å²) in [4.78, 5) is 14.3. The fraction of sp³-hybridized carbons (Fsp3) is 0.333. The van der Waals surface area contributed by atoms with Crippen LogP contribution in [0.5, 0.6) is 5.75 Å². The van der Waals surface area contributed by atoms with Gasteiger partial charge in [-0.2, -0.15) is 5.10 Å². The highest BCUT2D eigenvalue weighted by molar-refractivity contribution is 5.78. The first-order valence-corrected chi connectivity index (χ1v) is 8.58. The van der Waals surface area contributed by atoms with Crippen LogP contribution in [0.1, 0.15) is 11.3 Å². The van der Waals surface area contributed by atoms with Gasteiger partial charge in [-0.25, -0.2) is 4.39 Å². The van der Waals surface area contributed by atoms with Crippen molar-refractivity contribution >= 4 is 5.91 Å². The maximum atomic E-state index is 13.0. The summed E-state index contributed by atoms with van der Waals surface area (Å²) in [6.07, 6.45) is 2.33. The van der Waals surface area contributed by atoms with Crippen LogP contribution in [-0.2, 0) is 31.9 Å². The maximum Gasteiger partial charge on any atom is 0.260 e. The van der Waals surface area contributed by atoms with Crippen molar-refractivity contribution in [2.75, 3.05) is 13.2 Å². The van der Waals surface area contributed by atoms with E-state index in [-0.39, 0.29) is 18.3 Å². The number of amides is 1. The fourth-order valence-corrected chi connectivity index (χ4v) is 3.25. The van der Waals surface area contributed by atoms with Gasteiger partial charge in [-0.3, -0.25) is 9.48 Å². The third-order valence-corrected chi connectivity index (χ3v) is 4.69. The first-order chi connectivity index (χ1) is 13.0. The third-order valence-electron chi connectivity index (χ3n) is 4.69. The Morgan fingerprint density at radius 2 is 2.04 bits per heavy atom. The summed E-state index contributed by atoms with van der Waals surface area (Å²) in [6, 6.07) is 5.61. The molecule has 1 aliphatic rings. The van der Waals surface area contributed by atoms with Gasteiger partial charge in [0, 0.05) is 44.9 Å². The Morgan fingerprint density at radius 3 is 2.74 bits per heavy atom. The van der Waals surface area contributed by atoms with Crippen LogP contribution in [0.25, 0.3) is 11.5 Å². The molecule has 2 aromatic heterocycles. The largest absolute Gasteiger partial charge is 0.484 e. The molecule has 1 aromatic carbocycles. The number of nitrogens with zero attached hydrogens (tertiary/aromatic N) is 6. The third kappa shape index (κ3) is 3.27. The molecule has 0 spiro atoms. The van der Waals surface area contributed by atoms with Crippen molar-refractivity contribution in [2.24, 2.45) is 14.1 Å². The van der Waals surface area contributed by atoms with Gasteiger partial charge in [0.1, 0.15) is 23.6 Å². The molecule has 3 heterocycles. The lowest BCUT2D eigenvalue weighted by Crippen LogP contribution is -2.39. The number of fused-ring (bicyclic) bond motifs is 1. The monoisotopic (exact) mass is 370 g/mol. The van der Waals surface area contributed by atoms with E-state index in [1.165, 1.54) is 24.3 Å². The van der Waals surface area contributed by atoms with E-state index in [1.54, 1.807) is 15.8 Å². The Hall–Kier alpha value is -3.23. The zero-order valence-corrected chi connectivity index (χ0v) is 15.1. The molecule has 0 bridgehead atoms. The summed E-state index contributed by atoms with van der Waals surface area (Å²) in [6.45, 7) is 0.938. The highest BCUT2D eigenvalue weighted by Crippen LogP contribution is 2.28. The molecule has 4 rings (SSSR count). The Morgan fingerprint density at radius 1 is 1.26 bits per heavy atom. The number of rotatable bonds is 4. The van der Waals surface area contributed by atoms with E-state index < -0.39 is 0 Å². The van der Waals surface area contributed by atoms with Gasteiger partial charge in [-0.05, 0) is 24.3 Å². The molecule has 8 nitrogen and oxygen atoms in total. The van der Waals surface area contributed by atoms with Crippen molar-refractivity contribution < 1.29 is 13.9 Å². The minimum Gasteiger partial charge on any atom is -0.484 e. The van der Waals surface area contributed by atoms with Crippen LogP contribution >= 0.6 is 0 Å². The fourth-order valence-electron chi connectivity index (χ4n) is 3.25. The van der Waals surface area contributed by atoms with Gasteiger partial charge >= 0.3 is 0 Å². The molecule has 140 valence electrons. The summed E-state index contributed by atoms with van der Waals surface area (Å²) in [7, 11) is 3.76. The average Bonchev–Trinajstić information content (AvgIpc) is 3.23. The van der Waals surface area contributed by atoms with Crippen LogP contribution in [0.3, 0.4) is 0 Å². The van der Waals surface area contributed by atoms with Crippen LogP contribution in [0.2, 0.25) is 0 Å². The standard InChI is InChI=1S/C18H19FN6O2/c1-23-11-20-21-18(23)17-14-9-25(8-7-15(14)24(2)22-17)16(26)10-27-13-5-3-12(19)4-6-13/h3-6,11H,7-10H2,1-2H3. The predicted molar refractivity (Wildman–Crippen MR) is 94.2 cm³/mol. The SMILES string of the molecule is Cn1cnnc1-c1nn(C)c2c1CN(C(=O)COc1ccc(F)cc1)CC2. The van der Waals surface area contributed by atoms with Gasteiger partial charge < -0.3 is 14.2 Å². The zero-order chi connectivity index (χ0) is 19.0. The van der Waals surface area contributed by atoms with Crippen LogP contribution in [-0.4, -0.2) is 48.5 Å². The normalized spacial score (nSPS) is 13.5. The molecule has 0 radical (unpaired) electrons. The molecule has 0 atom stereocenters. The minimum absolute atomic E-state index is 0.0967. The maximum absolute atomic E-state index is 13.0. The smallest absolute Gasteiger partial charge is 0.260 e. The van der Waals surface area contributed by atoms with E-state index in [2.05, 4.69) is 15.3 Å². The van der Waals surface area contributed by atoms with Crippen molar-refractivity contribution in [2.45, 2.75) is 13.0 Å². The highest BCUT2D eigenvalue weighted by atomic mass is 19.1. The Bertz CT molecular complexity index is 978. The molecule has 1 aliphatic heterocycles. The second kappa shape index (κ2) is 6.82. The summed E-state index contributed by atoms with van der Waals surface area (Å²) in [5.41, 5.74) is 2.82. The summed E-state index contributed by atoms with van der Waals surface area (Å²) >= 11 is 0. The van der Waals surface area contributed by atoms with Crippen LogP contribution in [0, 0.1) is 5.82 Å². The van der Waals surface area contributed by atoms with Crippen molar-refractivity contribution in [3.63, 3.8) is 0 Å². The lowest BCUT2D eigenvalue weighted by molar-refractivity contribution is -0.134. The molecule has 1 amide bonds. The van der Waals surface area contributed by atoms with E-state index in [1.807, 2.05) is 18.8 Å². The molecule has 0 fully saturated rings. The summed E-state index contributed by atoms with van der Waals surface area (Å²) in [5, 5.41) is 12.6. The number of carbonyl (C=O) groups is 1. The van der Waals surface area contributed by atoms with Crippen molar-refractivity contribution in [1.29, 1.82) is 0 Å². The zero-order valence-electron chi connectivity index (χ0n) is 15.1. The highest BCUT2D eigenvalue weighted by Gasteiger charge is 2.28. The van der Waals surface area contributed by atoms with Gasteiger partial charge in [0.25, 0.3) is 5.91 Å². The number of aryl methyl sites for hydroxylation is 2. The lowest BCUT2D eigenvalue weighted by atomic mass is 10.0. The number of halogens is 1. The number of hydrogen-bond acceptors (Lipinski definition) is 5. The van der Waals surface area contributed by atoms with Crippen LogP contribution in [0.15, 0.2) is 30.6 Å². The number of carbonyl (C=O) groups excluding carboxylic acids is 1. The first-order valence-electron chi connectivity index (χ1n) is 8.58. The van der Waals surface area contributed by atoms with Crippen LogP contribution in [0.4, 0.5) is 4.39 Å². The van der Waals surface area contributed by atoms with Crippen molar-refractivity contribution in [1.82, 2.24) is 29.4 Å². The van der Waals surface area contributed by atoms with Gasteiger partial charge in [-0.1, -0.05) is 0 Å². The van der Waals surface area contributed by atoms with Gasteiger partial charge in [-0.15, -0.1) is 10.2 Å². The minimum atomic E-state index is -0.342. The van der Waals surface area contributed by atoms with E-state index in [0.29, 0.717) is 31.1 Å². The molecule has 0 N–H and O–H groups in total. The number of benzene rings is 1. The van der Waals surface area contributed by atoms with Crippen LogP contribution < -0.4 is 4.74 Å². The number of ether oxygens (including phenoxy) is 1. The van der Waals surface area contributed by atoms with Crippen molar-refractivity contribution in [3.05, 3.63) is 47.7 Å². The molecule has 9 heteroatoms. The van der Waals surface area contributed by atoms with Gasteiger partial charge in [0.15, 0.2) is 12.4 Å². The van der Waals surface area contributed by atoms with Crippen molar-refractivity contribution in [3.8, 4) is 17.3 Å². The summed E-state index contributed by atoms with van der Waals surface area (Å²) < 4.78 is 22.1. The Kier molecular flexibility index (Phi) is 4.35. The lowest BCUT2D eigenvalue weighted by Gasteiger charge is -2.27. The quantitative estimate of drug-likeness (QED) is 0.692. The van der Waals surface area contributed by atoms with E-state index in [4.69, 9.17) is 4.74 Å². The number of hydrogen-bond donors (Lipinski definition) is 0. The average molecular weight is 370 g/mol. The summed E-state index contributed by atoms with van der Waals surface area (Å²) in [5.74, 6) is 0.662. The molecular formula is C18H19FN6O2. The Labute approximate surface area is 155 Å². The molecular weight excluding hydrogens is 351 g/mol. The molecule has 27 heavy (non-hydrogen) atoms. The Balaban J connectivity index is 1.50. The van der Waals surface area contributed by atoms with Gasteiger partial charge in [0.05, 0.1) is 0 Å². The van der Waals surface area contributed by atoms with E-state index in [9.17, 15) is 9.18 Å². The second-order valence-electron chi connectivity index (χ2n) is 6.47. The molecule has 0 aliphatic carbocycles. The predicted octanol–water partition coefficient (Wildman–Crippen LogP) is 1.32. The molecule has 0 saturated heterocycles. The molecule has 0 saturated carbocycles. The number of aromatic nitrogens is 5. The van der Waals surface area contributed by atoms with E-state index in [0.717, 1.165) is 17.0 Å². The van der Waals surface area contributed by atoms with E-state index >= 15 is 0 Å². The topological polar surface area (TPSA) is 78.1 Å². The second-order valence-corrected chi connectivity index (χ2v) is 6.47.